The Labute approximate surface area is 200 Å². The van der Waals surface area contributed by atoms with Gasteiger partial charge in [-0.15, -0.1) is 0 Å². The van der Waals surface area contributed by atoms with Crippen LogP contribution in [-0.4, -0.2) is 59.4 Å². The van der Waals surface area contributed by atoms with Gasteiger partial charge in [0.1, 0.15) is 6.04 Å². The first-order valence-corrected chi connectivity index (χ1v) is 13.6. The normalized spacial score (nSPS) is 15.2. The van der Waals surface area contributed by atoms with E-state index in [4.69, 9.17) is 0 Å². The van der Waals surface area contributed by atoms with E-state index in [0.717, 1.165) is 42.2 Å². The van der Waals surface area contributed by atoms with Gasteiger partial charge in [0.25, 0.3) is 5.91 Å². The number of hydrogen-bond acceptors (Lipinski definition) is 5. The summed E-state index contributed by atoms with van der Waals surface area (Å²) >= 11 is 3.67. The smallest absolute Gasteiger partial charge is 0.251 e. The average molecular weight is 472 g/mol. The molecule has 2 aromatic rings. The summed E-state index contributed by atoms with van der Waals surface area (Å²) < 4.78 is 0. The van der Waals surface area contributed by atoms with Crippen LogP contribution >= 0.6 is 23.5 Å². The van der Waals surface area contributed by atoms with Crippen LogP contribution in [0.4, 0.5) is 5.69 Å². The Kier molecular flexibility index (Phi) is 9.51. The van der Waals surface area contributed by atoms with Gasteiger partial charge >= 0.3 is 0 Å². The summed E-state index contributed by atoms with van der Waals surface area (Å²) in [5.74, 6) is 2.75. The fourth-order valence-corrected chi connectivity index (χ4v) is 5.19. The highest BCUT2D eigenvalue weighted by Crippen LogP contribution is 2.22. The summed E-state index contributed by atoms with van der Waals surface area (Å²) in [7, 11) is 0. The van der Waals surface area contributed by atoms with Crippen LogP contribution < -0.4 is 10.6 Å². The highest BCUT2D eigenvalue weighted by molar-refractivity contribution is 7.99. The summed E-state index contributed by atoms with van der Waals surface area (Å²) in [6.07, 6.45) is 2.58. The number of benzene rings is 2. The first-order valence-electron chi connectivity index (χ1n) is 11.0. The predicted octanol–water partition coefficient (Wildman–Crippen LogP) is 4.34. The van der Waals surface area contributed by atoms with Crippen molar-refractivity contribution in [1.82, 2.24) is 10.2 Å². The molecular formula is C25H33N3O2S2. The minimum atomic E-state index is -0.586. The molecule has 0 aliphatic carbocycles. The van der Waals surface area contributed by atoms with Crippen molar-refractivity contribution in [2.45, 2.75) is 32.9 Å². The standard InChI is InChI=1S/C25H33N3O2S2/c1-18-6-4-7-20(16-18)24(29)27-23(10-13-31-3)25(30)26-22-9-5-8-21(19(22)2)17-28-11-14-32-15-12-28/h4-9,16,23H,10-15,17H2,1-3H3,(H,26,30)(H,27,29). The first kappa shape index (κ1) is 24.7. The van der Waals surface area contributed by atoms with Gasteiger partial charge in [-0.2, -0.15) is 23.5 Å². The molecule has 0 spiro atoms. The molecule has 1 aliphatic heterocycles. The molecule has 1 heterocycles. The van der Waals surface area contributed by atoms with E-state index in [2.05, 4.69) is 28.5 Å². The molecule has 7 heteroatoms. The number of hydrogen-bond donors (Lipinski definition) is 2. The number of carbonyl (C=O) groups is 2. The maximum Gasteiger partial charge on any atom is 0.251 e. The zero-order valence-corrected chi connectivity index (χ0v) is 20.8. The molecule has 1 unspecified atom stereocenters. The van der Waals surface area contributed by atoms with E-state index < -0.39 is 6.04 Å². The van der Waals surface area contributed by atoms with Crippen molar-refractivity contribution in [2.75, 3.05) is 41.9 Å². The van der Waals surface area contributed by atoms with Crippen molar-refractivity contribution in [3.63, 3.8) is 0 Å². The highest BCUT2D eigenvalue weighted by Gasteiger charge is 2.22. The largest absolute Gasteiger partial charge is 0.340 e. The molecule has 0 aromatic heterocycles. The van der Waals surface area contributed by atoms with Crippen molar-refractivity contribution in [2.24, 2.45) is 0 Å². The first-order chi connectivity index (χ1) is 15.5. The lowest BCUT2D eigenvalue weighted by Crippen LogP contribution is -2.44. The Morgan fingerprint density at radius 3 is 2.59 bits per heavy atom. The number of nitrogens with one attached hydrogen (secondary N) is 2. The molecule has 172 valence electrons. The van der Waals surface area contributed by atoms with E-state index in [1.54, 1.807) is 17.8 Å². The van der Waals surface area contributed by atoms with Crippen molar-refractivity contribution < 1.29 is 9.59 Å². The zero-order valence-electron chi connectivity index (χ0n) is 19.1. The van der Waals surface area contributed by atoms with Gasteiger partial charge in [0, 0.05) is 42.4 Å². The van der Waals surface area contributed by atoms with Crippen molar-refractivity contribution >= 4 is 41.0 Å². The van der Waals surface area contributed by atoms with Gasteiger partial charge in [0.2, 0.25) is 5.91 Å². The number of rotatable bonds is 9. The summed E-state index contributed by atoms with van der Waals surface area (Å²) in [5, 5.41) is 6.02. The van der Waals surface area contributed by atoms with Crippen LogP contribution in [0.3, 0.4) is 0 Å². The molecule has 1 fully saturated rings. The third-order valence-electron chi connectivity index (χ3n) is 5.71. The number of thioether (sulfide) groups is 2. The Morgan fingerprint density at radius 1 is 1.12 bits per heavy atom. The van der Waals surface area contributed by atoms with Crippen LogP contribution in [0.25, 0.3) is 0 Å². The number of carbonyl (C=O) groups excluding carboxylic acids is 2. The molecule has 0 bridgehead atoms. The van der Waals surface area contributed by atoms with Crippen LogP contribution in [0.15, 0.2) is 42.5 Å². The second-order valence-corrected chi connectivity index (χ2v) is 10.4. The monoisotopic (exact) mass is 471 g/mol. The lowest BCUT2D eigenvalue weighted by atomic mass is 10.1. The molecule has 2 aromatic carbocycles. The molecule has 1 saturated heterocycles. The second-order valence-electron chi connectivity index (χ2n) is 8.14. The van der Waals surface area contributed by atoms with Gasteiger partial charge in [-0.3, -0.25) is 14.5 Å². The minimum absolute atomic E-state index is 0.172. The SMILES string of the molecule is CSCCC(NC(=O)c1cccc(C)c1)C(=O)Nc1cccc(CN2CCSCC2)c1C. The van der Waals surface area contributed by atoms with Crippen LogP contribution in [0, 0.1) is 13.8 Å². The van der Waals surface area contributed by atoms with Gasteiger partial charge < -0.3 is 10.6 Å². The fourth-order valence-electron chi connectivity index (χ4n) is 3.74. The molecule has 2 amide bonds. The van der Waals surface area contributed by atoms with E-state index in [9.17, 15) is 9.59 Å². The average Bonchev–Trinajstić information content (AvgIpc) is 2.79. The summed E-state index contributed by atoms with van der Waals surface area (Å²) in [6.45, 7) is 7.11. The summed E-state index contributed by atoms with van der Waals surface area (Å²) in [4.78, 5) is 28.4. The number of amides is 2. The molecule has 32 heavy (non-hydrogen) atoms. The van der Waals surface area contributed by atoms with E-state index in [1.807, 2.05) is 55.3 Å². The predicted molar refractivity (Wildman–Crippen MR) is 138 cm³/mol. The summed E-state index contributed by atoms with van der Waals surface area (Å²) in [5.41, 5.74) is 4.73. The summed E-state index contributed by atoms with van der Waals surface area (Å²) in [6, 6.07) is 12.9. The molecule has 2 N–H and O–H groups in total. The van der Waals surface area contributed by atoms with Gasteiger partial charge in [0.05, 0.1) is 0 Å². The fraction of sp³-hybridized carbons (Fsp3) is 0.440. The van der Waals surface area contributed by atoms with Gasteiger partial charge in [0.15, 0.2) is 0 Å². The van der Waals surface area contributed by atoms with Crippen LogP contribution in [0.1, 0.15) is 33.5 Å². The molecule has 5 nitrogen and oxygen atoms in total. The van der Waals surface area contributed by atoms with Crippen molar-refractivity contribution in [3.8, 4) is 0 Å². The Hall–Kier alpha value is -1.96. The number of aryl methyl sites for hydroxylation is 1. The van der Waals surface area contributed by atoms with E-state index in [-0.39, 0.29) is 11.8 Å². The third kappa shape index (κ3) is 7.02. The Morgan fingerprint density at radius 2 is 1.88 bits per heavy atom. The van der Waals surface area contributed by atoms with Gasteiger partial charge in [-0.25, -0.2) is 0 Å². The van der Waals surface area contributed by atoms with E-state index >= 15 is 0 Å². The van der Waals surface area contributed by atoms with Crippen LogP contribution in [0.2, 0.25) is 0 Å². The number of nitrogens with zero attached hydrogens (tertiary/aromatic N) is 1. The lowest BCUT2D eigenvalue weighted by Gasteiger charge is -2.27. The van der Waals surface area contributed by atoms with E-state index in [1.165, 1.54) is 17.1 Å². The van der Waals surface area contributed by atoms with Crippen LogP contribution in [-0.2, 0) is 11.3 Å². The van der Waals surface area contributed by atoms with Crippen molar-refractivity contribution in [1.29, 1.82) is 0 Å². The topological polar surface area (TPSA) is 61.4 Å². The van der Waals surface area contributed by atoms with Gasteiger partial charge in [-0.05, 0) is 61.6 Å². The molecule has 1 aliphatic rings. The molecule has 3 rings (SSSR count). The number of anilines is 1. The Balaban J connectivity index is 1.70. The van der Waals surface area contributed by atoms with E-state index in [0.29, 0.717) is 12.0 Å². The second kappa shape index (κ2) is 12.3. The third-order valence-corrected chi connectivity index (χ3v) is 7.30. The molecule has 1 atom stereocenters. The van der Waals surface area contributed by atoms with Crippen molar-refractivity contribution in [3.05, 3.63) is 64.7 Å². The zero-order chi connectivity index (χ0) is 22.9. The van der Waals surface area contributed by atoms with Crippen LogP contribution in [0.5, 0.6) is 0 Å². The minimum Gasteiger partial charge on any atom is -0.340 e. The lowest BCUT2D eigenvalue weighted by molar-refractivity contribution is -0.118. The van der Waals surface area contributed by atoms with Gasteiger partial charge in [-0.1, -0.05) is 29.8 Å². The quantitative estimate of drug-likeness (QED) is 0.570. The maximum atomic E-state index is 13.2. The highest BCUT2D eigenvalue weighted by atomic mass is 32.2. The molecule has 0 saturated carbocycles. The Bertz CT molecular complexity index is 929. The molecular weight excluding hydrogens is 438 g/mol. The maximum absolute atomic E-state index is 13.2. The molecule has 0 radical (unpaired) electrons.